The first-order valence-corrected chi connectivity index (χ1v) is 10.9. The van der Waals surface area contributed by atoms with Gasteiger partial charge in [0.2, 0.25) is 0 Å². The molecule has 148 valence electrons. The molecule has 7 heteroatoms. The third-order valence-electron chi connectivity index (χ3n) is 4.86. The summed E-state index contributed by atoms with van der Waals surface area (Å²) in [6, 6.07) is 5.55. The molecule has 0 saturated heterocycles. The Hall–Kier alpha value is -1.42. The topological polar surface area (TPSA) is 39.9 Å². The molecule has 1 atom stereocenters. The molecule has 4 nitrogen and oxygen atoms in total. The summed E-state index contributed by atoms with van der Waals surface area (Å²) in [5.41, 5.74) is 6.26. The molecule has 0 bridgehead atoms. The number of nitrogens with zero attached hydrogens (tertiary/aromatic N) is 3. The molecule has 0 saturated carbocycles. The number of halogens is 2. The summed E-state index contributed by atoms with van der Waals surface area (Å²) in [5, 5.41) is 1.26. The van der Waals surface area contributed by atoms with Gasteiger partial charge in [-0.25, -0.2) is 0 Å². The van der Waals surface area contributed by atoms with Crippen molar-refractivity contribution in [2.75, 3.05) is 20.4 Å². The summed E-state index contributed by atoms with van der Waals surface area (Å²) in [7, 11) is 1.57. The predicted octanol–water partition coefficient (Wildman–Crippen LogP) is 5.01. The first-order valence-electron chi connectivity index (χ1n) is 9.24. The van der Waals surface area contributed by atoms with E-state index in [4.69, 9.17) is 26.3 Å². The summed E-state index contributed by atoms with van der Waals surface area (Å²) < 4.78 is 20.6. The summed E-state index contributed by atoms with van der Waals surface area (Å²) in [6.07, 6.45) is 1.92. The monoisotopic (exact) mass is 463 g/mol. The molecular formula is C21H24AsClFN3O. The van der Waals surface area contributed by atoms with Gasteiger partial charge >= 0.3 is 179 Å². The number of aryl methyl sites for hydroxylation is 1. The Bertz CT molecular complexity index is 989. The Morgan fingerprint density at radius 1 is 1.29 bits per heavy atom. The van der Waals surface area contributed by atoms with Gasteiger partial charge in [0.15, 0.2) is 0 Å². The van der Waals surface area contributed by atoms with Crippen LogP contribution in [0, 0.1) is 6.92 Å². The SMILES string of the molecule is COC[C@H](CF)n1cc(C)c2nc(-c3ccc(C(C)C)nc3C[As])c(Cl)cc21. The van der Waals surface area contributed by atoms with Crippen LogP contribution in [0.4, 0.5) is 4.39 Å². The van der Waals surface area contributed by atoms with E-state index in [0.29, 0.717) is 16.6 Å². The van der Waals surface area contributed by atoms with E-state index in [1.54, 1.807) is 7.11 Å². The number of pyridine rings is 2. The Balaban J connectivity index is 2.17. The van der Waals surface area contributed by atoms with Crippen LogP contribution in [0.15, 0.2) is 24.4 Å². The van der Waals surface area contributed by atoms with E-state index < -0.39 is 12.7 Å². The van der Waals surface area contributed by atoms with E-state index in [0.717, 1.165) is 38.8 Å². The van der Waals surface area contributed by atoms with Crippen molar-refractivity contribution in [3.63, 3.8) is 0 Å². The van der Waals surface area contributed by atoms with Crippen LogP contribution in [0.5, 0.6) is 0 Å². The van der Waals surface area contributed by atoms with Gasteiger partial charge in [-0.1, -0.05) is 0 Å². The van der Waals surface area contributed by atoms with E-state index >= 15 is 0 Å². The molecule has 3 aromatic heterocycles. The molecular weight excluding hydrogens is 440 g/mol. The van der Waals surface area contributed by atoms with Crippen molar-refractivity contribution in [2.24, 2.45) is 0 Å². The first-order chi connectivity index (χ1) is 13.4. The summed E-state index contributed by atoms with van der Waals surface area (Å²) in [4.78, 5) is 9.66. The van der Waals surface area contributed by atoms with Gasteiger partial charge < -0.3 is 0 Å². The number of methoxy groups -OCH3 is 1. The van der Waals surface area contributed by atoms with E-state index in [2.05, 4.69) is 30.7 Å². The van der Waals surface area contributed by atoms with Gasteiger partial charge in [-0.3, -0.25) is 0 Å². The third-order valence-corrected chi connectivity index (χ3v) is 5.78. The maximum absolute atomic E-state index is 13.5. The van der Waals surface area contributed by atoms with Crippen LogP contribution in [-0.4, -0.2) is 51.8 Å². The molecule has 3 rings (SSSR count). The van der Waals surface area contributed by atoms with Crippen molar-refractivity contribution in [3.05, 3.63) is 46.4 Å². The van der Waals surface area contributed by atoms with Crippen LogP contribution in [0.3, 0.4) is 0 Å². The molecule has 0 aromatic carbocycles. The average molecular weight is 464 g/mol. The van der Waals surface area contributed by atoms with Gasteiger partial charge in [0.25, 0.3) is 0 Å². The van der Waals surface area contributed by atoms with Crippen molar-refractivity contribution in [1.29, 1.82) is 0 Å². The predicted molar refractivity (Wildman–Crippen MR) is 113 cm³/mol. The van der Waals surface area contributed by atoms with Crippen molar-refractivity contribution < 1.29 is 9.13 Å². The Kier molecular flexibility index (Phi) is 6.80. The zero-order valence-electron chi connectivity index (χ0n) is 16.5. The van der Waals surface area contributed by atoms with Crippen molar-refractivity contribution in [2.45, 2.75) is 37.9 Å². The molecule has 0 amide bonds. The molecule has 3 heterocycles. The van der Waals surface area contributed by atoms with E-state index in [1.165, 1.54) is 0 Å². The fourth-order valence-corrected chi connectivity index (χ4v) is 4.12. The van der Waals surface area contributed by atoms with Gasteiger partial charge in [0.05, 0.1) is 0 Å². The molecule has 28 heavy (non-hydrogen) atoms. The van der Waals surface area contributed by atoms with Crippen LogP contribution >= 0.6 is 11.6 Å². The second-order valence-electron chi connectivity index (χ2n) is 7.21. The number of alkyl halides is 1. The maximum atomic E-state index is 13.5. The Morgan fingerprint density at radius 3 is 2.64 bits per heavy atom. The zero-order chi connectivity index (χ0) is 20.4. The Morgan fingerprint density at radius 2 is 2.04 bits per heavy atom. The normalized spacial score (nSPS) is 12.9. The standard InChI is InChI=1S/C21H24AsClFN3O/c1-12(2)17-6-5-15(18(8-22)25-17)21-16(23)7-19-20(26-21)13(3)10-27(19)14(9-24)11-28-4/h5-7,10,12,14H,8-9,11H2,1-4H3/t14-/m0/s1. The fraction of sp³-hybridized carbons (Fsp3) is 0.429. The average Bonchev–Trinajstić information content (AvgIpc) is 3.00. The summed E-state index contributed by atoms with van der Waals surface area (Å²) >= 11 is 9.21. The first kappa shape index (κ1) is 21.3. The minimum absolute atomic E-state index is 0.289. The molecule has 2 radical (unpaired) electrons. The summed E-state index contributed by atoms with van der Waals surface area (Å²) in [5.74, 6) is 0.354. The molecule has 3 aromatic rings. The fourth-order valence-electron chi connectivity index (χ4n) is 3.36. The molecule has 0 N–H and O–H groups in total. The zero-order valence-corrected chi connectivity index (χ0v) is 19.2. The summed E-state index contributed by atoms with van der Waals surface area (Å²) in [6.45, 7) is 6.00. The van der Waals surface area contributed by atoms with E-state index in [1.807, 2.05) is 35.9 Å². The van der Waals surface area contributed by atoms with Crippen LogP contribution in [0.2, 0.25) is 5.02 Å². The third kappa shape index (κ3) is 3.98. The quantitative estimate of drug-likeness (QED) is 0.462. The number of aromatic nitrogens is 3. The minimum atomic E-state index is -0.519. The molecule has 0 aliphatic rings. The van der Waals surface area contributed by atoms with E-state index in [9.17, 15) is 4.39 Å². The number of hydrogen-bond acceptors (Lipinski definition) is 3. The Labute approximate surface area is 179 Å². The van der Waals surface area contributed by atoms with Crippen molar-refractivity contribution in [1.82, 2.24) is 14.5 Å². The number of ether oxygens (including phenoxy) is 1. The van der Waals surface area contributed by atoms with Crippen LogP contribution in [-0.2, 0) is 9.95 Å². The molecule has 0 spiro atoms. The van der Waals surface area contributed by atoms with Crippen LogP contribution in [0.25, 0.3) is 22.3 Å². The molecule has 0 unspecified atom stereocenters. The van der Waals surface area contributed by atoms with Gasteiger partial charge in [-0.15, -0.1) is 0 Å². The van der Waals surface area contributed by atoms with Gasteiger partial charge in [-0.05, 0) is 0 Å². The molecule has 0 aliphatic heterocycles. The van der Waals surface area contributed by atoms with E-state index in [-0.39, 0.29) is 6.61 Å². The number of fused-ring (bicyclic) bond motifs is 1. The van der Waals surface area contributed by atoms with Crippen LogP contribution < -0.4 is 0 Å². The second kappa shape index (κ2) is 8.94. The number of rotatable bonds is 7. The second-order valence-corrected chi connectivity index (χ2v) is 8.28. The van der Waals surface area contributed by atoms with Crippen molar-refractivity contribution >= 4 is 39.5 Å². The van der Waals surface area contributed by atoms with Crippen LogP contribution in [0.1, 0.15) is 42.8 Å². The van der Waals surface area contributed by atoms with Gasteiger partial charge in [0, 0.05) is 0 Å². The molecule has 0 fully saturated rings. The van der Waals surface area contributed by atoms with Gasteiger partial charge in [-0.2, -0.15) is 0 Å². The van der Waals surface area contributed by atoms with Crippen molar-refractivity contribution in [3.8, 4) is 11.3 Å². The van der Waals surface area contributed by atoms with Gasteiger partial charge in [0.1, 0.15) is 0 Å². The number of hydrogen-bond donors (Lipinski definition) is 0. The molecule has 0 aliphatic carbocycles.